The van der Waals surface area contributed by atoms with E-state index in [0.717, 1.165) is 24.0 Å². The van der Waals surface area contributed by atoms with E-state index in [2.05, 4.69) is 9.72 Å². The highest BCUT2D eigenvalue weighted by molar-refractivity contribution is 5.44. The SMILES string of the molecule is CCOC1C=CC2=C(C=CCC2)C1C(C)(O)Cc1ncccc1OC(F)(F)F. The molecule has 0 amide bonds. The van der Waals surface area contributed by atoms with E-state index < -0.39 is 23.6 Å². The van der Waals surface area contributed by atoms with Gasteiger partial charge in [-0.15, -0.1) is 13.2 Å². The number of hydrogen-bond acceptors (Lipinski definition) is 4. The van der Waals surface area contributed by atoms with Gasteiger partial charge in [0.1, 0.15) is 0 Å². The molecule has 0 aliphatic heterocycles. The summed E-state index contributed by atoms with van der Waals surface area (Å²) < 4.78 is 48.1. The normalized spacial score (nSPS) is 24.1. The van der Waals surface area contributed by atoms with E-state index >= 15 is 0 Å². The molecule has 0 radical (unpaired) electrons. The average molecular weight is 395 g/mol. The largest absolute Gasteiger partial charge is 0.573 e. The molecular weight excluding hydrogens is 371 g/mol. The maximum Gasteiger partial charge on any atom is 0.573 e. The topological polar surface area (TPSA) is 51.6 Å². The zero-order valence-electron chi connectivity index (χ0n) is 15.9. The van der Waals surface area contributed by atoms with Crippen molar-refractivity contribution in [3.63, 3.8) is 0 Å². The minimum absolute atomic E-state index is 0.0524. The Morgan fingerprint density at radius 3 is 2.79 bits per heavy atom. The first-order chi connectivity index (χ1) is 13.2. The Morgan fingerprint density at radius 2 is 2.07 bits per heavy atom. The smallest absolute Gasteiger partial charge is 0.404 e. The molecule has 2 aliphatic carbocycles. The summed E-state index contributed by atoms with van der Waals surface area (Å²) >= 11 is 0. The van der Waals surface area contributed by atoms with Crippen LogP contribution in [0.5, 0.6) is 5.75 Å². The van der Waals surface area contributed by atoms with E-state index in [-0.39, 0.29) is 18.2 Å². The summed E-state index contributed by atoms with van der Waals surface area (Å²) in [5.74, 6) is -0.826. The number of aromatic nitrogens is 1. The van der Waals surface area contributed by atoms with Crippen LogP contribution in [0, 0.1) is 5.92 Å². The summed E-state index contributed by atoms with van der Waals surface area (Å²) in [5, 5.41) is 11.4. The van der Waals surface area contributed by atoms with Gasteiger partial charge in [0.25, 0.3) is 0 Å². The molecule has 152 valence electrons. The molecular formula is C21H24F3NO3. The number of aliphatic hydroxyl groups is 1. The van der Waals surface area contributed by atoms with Gasteiger partial charge in [0, 0.05) is 25.1 Å². The van der Waals surface area contributed by atoms with Crippen LogP contribution in [-0.4, -0.2) is 34.8 Å². The number of nitrogens with zero attached hydrogens (tertiary/aromatic N) is 1. The molecule has 4 nitrogen and oxygen atoms in total. The van der Waals surface area contributed by atoms with Gasteiger partial charge in [-0.25, -0.2) is 0 Å². The molecule has 3 rings (SSSR count). The molecule has 1 heterocycles. The number of halogens is 3. The first-order valence-corrected chi connectivity index (χ1v) is 9.32. The van der Waals surface area contributed by atoms with Gasteiger partial charge in [-0.3, -0.25) is 4.98 Å². The molecule has 1 N–H and O–H groups in total. The van der Waals surface area contributed by atoms with Gasteiger partial charge in [-0.2, -0.15) is 0 Å². The molecule has 28 heavy (non-hydrogen) atoms. The lowest BCUT2D eigenvalue weighted by atomic mass is 9.71. The van der Waals surface area contributed by atoms with Crippen LogP contribution in [-0.2, 0) is 11.2 Å². The van der Waals surface area contributed by atoms with Crippen molar-refractivity contribution < 1.29 is 27.8 Å². The standard InChI is InChI=1S/C21H24F3NO3/c1-3-27-18-11-10-14-7-4-5-8-15(14)19(18)20(2,26)13-16-17(9-6-12-25-16)28-21(22,23)24/h5-6,8-12,18-19,26H,3-4,7,13H2,1-2H3. The Labute approximate surface area is 162 Å². The first kappa shape index (κ1) is 20.6. The number of hydrogen-bond donors (Lipinski definition) is 1. The number of allylic oxidation sites excluding steroid dienone is 4. The van der Waals surface area contributed by atoms with Crippen molar-refractivity contribution in [3.05, 3.63) is 59.5 Å². The predicted octanol–water partition coefficient (Wildman–Crippen LogP) is 4.51. The number of rotatable bonds is 6. The predicted molar refractivity (Wildman–Crippen MR) is 98.7 cm³/mol. The number of ether oxygens (including phenoxy) is 2. The fraction of sp³-hybridized carbons (Fsp3) is 0.476. The molecule has 2 aliphatic rings. The molecule has 1 aromatic heterocycles. The molecule has 0 saturated carbocycles. The van der Waals surface area contributed by atoms with Gasteiger partial charge in [0.15, 0.2) is 5.75 Å². The summed E-state index contributed by atoms with van der Waals surface area (Å²) in [7, 11) is 0. The van der Waals surface area contributed by atoms with Crippen LogP contribution in [0.25, 0.3) is 0 Å². The molecule has 0 bridgehead atoms. The van der Waals surface area contributed by atoms with Crippen LogP contribution in [0.4, 0.5) is 13.2 Å². The Hall–Kier alpha value is -2.12. The average Bonchev–Trinajstić information content (AvgIpc) is 2.62. The van der Waals surface area contributed by atoms with E-state index in [1.165, 1.54) is 18.3 Å². The van der Waals surface area contributed by atoms with Crippen LogP contribution in [0.2, 0.25) is 0 Å². The summed E-state index contributed by atoms with van der Waals surface area (Å²) in [5.41, 5.74) is 0.741. The molecule has 0 spiro atoms. The van der Waals surface area contributed by atoms with Gasteiger partial charge in [-0.05, 0) is 50.0 Å². The summed E-state index contributed by atoms with van der Waals surface area (Å²) in [6.45, 7) is 3.94. The summed E-state index contributed by atoms with van der Waals surface area (Å²) in [4.78, 5) is 4.04. The summed E-state index contributed by atoms with van der Waals surface area (Å²) in [6.07, 6.45) is 5.83. The molecule has 0 aromatic carbocycles. The van der Waals surface area contributed by atoms with Gasteiger partial charge >= 0.3 is 6.36 Å². The van der Waals surface area contributed by atoms with Gasteiger partial charge in [-0.1, -0.05) is 24.3 Å². The van der Waals surface area contributed by atoms with Crippen molar-refractivity contribution in [2.24, 2.45) is 5.92 Å². The highest BCUT2D eigenvalue weighted by Gasteiger charge is 2.43. The molecule has 1 aromatic rings. The van der Waals surface area contributed by atoms with Gasteiger partial charge in [0.2, 0.25) is 0 Å². The first-order valence-electron chi connectivity index (χ1n) is 9.32. The second kappa shape index (κ2) is 8.09. The fourth-order valence-electron chi connectivity index (χ4n) is 3.94. The van der Waals surface area contributed by atoms with Crippen molar-refractivity contribution in [1.82, 2.24) is 4.98 Å². The molecule has 0 fully saturated rings. The van der Waals surface area contributed by atoms with Crippen molar-refractivity contribution in [2.45, 2.75) is 51.2 Å². The van der Waals surface area contributed by atoms with Crippen molar-refractivity contribution in [1.29, 1.82) is 0 Å². The minimum atomic E-state index is -4.83. The quantitative estimate of drug-likeness (QED) is 0.770. The highest BCUT2D eigenvalue weighted by atomic mass is 19.4. The highest BCUT2D eigenvalue weighted by Crippen LogP contribution is 2.41. The lowest BCUT2D eigenvalue weighted by molar-refractivity contribution is -0.275. The van der Waals surface area contributed by atoms with E-state index in [1.54, 1.807) is 6.92 Å². The van der Waals surface area contributed by atoms with Crippen molar-refractivity contribution in [3.8, 4) is 5.75 Å². The lowest BCUT2D eigenvalue weighted by Gasteiger charge is -2.41. The van der Waals surface area contributed by atoms with E-state index in [1.807, 2.05) is 31.2 Å². The van der Waals surface area contributed by atoms with Crippen LogP contribution >= 0.6 is 0 Å². The molecule has 3 atom stereocenters. The molecule has 7 heteroatoms. The zero-order chi connectivity index (χ0) is 20.4. The number of pyridine rings is 1. The summed E-state index contributed by atoms with van der Waals surface area (Å²) in [6, 6.07) is 2.58. The third-order valence-electron chi connectivity index (χ3n) is 5.03. The maximum absolute atomic E-state index is 12.7. The second-order valence-corrected chi connectivity index (χ2v) is 7.21. The number of alkyl halides is 3. The second-order valence-electron chi connectivity index (χ2n) is 7.21. The molecule has 0 saturated heterocycles. The lowest BCUT2D eigenvalue weighted by Crippen LogP contribution is -2.46. The Balaban J connectivity index is 1.94. The van der Waals surface area contributed by atoms with Gasteiger partial charge in [0.05, 0.1) is 17.4 Å². The van der Waals surface area contributed by atoms with Crippen molar-refractivity contribution in [2.75, 3.05) is 6.61 Å². The van der Waals surface area contributed by atoms with Crippen LogP contribution in [0.3, 0.4) is 0 Å². The van der Waals surface area contributed by atoms with Gasteiger partial charge < -0.3 is 14.6 Å². The van der Waals surface area contributed by atoms with E-state index in [4.69, 9.17) is 4.74 Å². The van der Waals surface area contributed by atoms with Crippen LogP contribution in [0.15, 0.2) is 53.8 Å². The van der Waals surface area contributed by atoms with E-state index in [9.17, 15) is 18.3 Å². The Bertz CT molecular complexity index is 796. The third kappa shape index (κ3) is 4.64. The van der Waals surface area contributed by atoms with E-state index in [0.29, 0.717) is 6.61 Å². The van der Waals surface area contributed by atoms with Crippen LogP contribution < -0.4 is 4.74 Å². The monoisotopic (exact) mass is 395 g/mol. The third-order valence-corrected chi connectivity index (χ3v) is 5.03. The fourth-order valence-corrected chi connectivity index (χ4v) is 3.94. The minimum Gasteiger partial charge on any atom is -0.404 e. The molecule has 3 unspecified atom stereocenters. The van der Waals surface area contributed by atoms with Crippen molar-refractivity contribution >= 4 is 0 Å². The van der Waals surface area contributed by atoms with Crippen LogP contribution in [0.1, 0.15) is 32.4 Å². The Kier molecular flexibility index (Phi) is 5.95. The Morgan fingerprint density at radius 1 is 1.29 bits per heavy atom. The zero-order valence-corrected chi connectivity index (χ0v) is 15.9. The maximum atomic E-state index is 12.7.